The van der Waals surface area contributed by atoms with Gasteiger partial charge in [0.15, 0.2) is 0 Å². The third kappa shape index (κ3) is 8.29. The van der Waals surface area contributed by atoms with Crippen LogP contribution in [0.25, 0.3) is 0 Å². The standard InChI is InChI=1S/C36H37Cl2N3O4S/c1-26-11-10-16-31(21-26)41(46(44,45)32-17-6-3-7-18-32)25-35(42)40(24-28-19-20-29(37)23-33(28)38)34(22-27-12-4-2-5-13-27)36(43)39-30-14-8-9-15-30/h2-7,10-13,16-21,23,30,34H,8-9,14-15,22,24-25H2,1H3,(H,39,43)/t34-/m1/s1. The average Bonchev–Trinajstić information content (AvgIpc) is 3.56. The number of nitrogens with zero attached hydrogens (tertiary/aromatic N) is 2. The molecule has 7 nitrogen and oxygen atoms in total. The first-order chi connectivity index (χ1) is 22.1. The van der Waals surface area contributed by atoms with Crippen LogP contribution in [-0.4, -0.2) is 43.8 Å². The number of hydrogen-bond donors (Lipinski definition) is 1. The molecule has 46 heavy (non-hydrogen) atoms. The molecule has 0 heterocycles. The van der Waals surface area contributed by atoms with Crippen molar-refractivity contribution >= 4 is 50.7 Å². The summed E-state index contributed by atoms with van der Waals surface area (Å²) in [7, 11) is -4.17. The topological polar surface area (TPSA) is 86.8 Å². The smallest absolute Gasteiger partial charge is 0.264 e. The Kier molecular flexibility index (Phi) is 11.0. The number of hydrogen-bond acceptors (Lipinski definition) is 4. The largest absolute Gasteiger partial charge is 0.352 e. The van der Waals surface area contributed by atoms with Gasteiger partial charge in [0.25, 0.3) is 10.0 Å². The molecule has 10 heteroatoms. The molecule has 0 aliphatic heterocycles. The van der Waals surface area contributed by atoms with E-state index in [-0.39, 0.29) is 29.8 Å². The third-order valence-electron chi connectivity index (χ3n) is 8.23. The number of sulfonamides is 1. The van der Waals surface area contributed by atoms with Crippen LogP contribution in [0, 0.1) is 6.92 Å². The molecule has 1 atom stereocenters. The number of carbonyl (C=O) groups is 2. The van der Waals surface area contributed by atoms with Gasteiger partial charge in [0, 0.05) is 29.1 Å². The van der Waals surface area contributed by atoms with Gasteiger partial charge >= 0.3 is 0 Å². The average molecular weight is 679 g/mol. The van der Waals surface area contributed by atoms with Crippen LogP contribution in [0.3, 0.4) is 0 Å². The van der Waals surface area contributed by atoms with Crippen LogP contribution in [0.1, 0.15) is 42.4 Å². The summed E-state index contributed by atoms with van der Waals surface area (Å²) in [5.41, 5.74) is 2.62. The maximum Gasteiger partial charge on any atom is 0.264 e. The second-order valence-corrected chi connectivity index (χ2v) is 14.3. The SMILES string of the molecule is Cc1cccc(N(CC(=O)N(Cc2ccc(Cl)cc2Cl)[C@H](Cc2ccccc2)C(=O)NC2CCCC2)S(=O)(=O)c2ccccc2)c1. The van der Waals surface area contributed by atoms with Crippen molar-refractivity contribution in [3.05, 3.63) is 130 Å². The van der Waals surface area contributed by atoms with Crippen molar-refractivity contribution in [3.8, 4) is 0 Å². The molecule has 0 aromatic heterocycles. The molecule has 0 bridgehead atoms. The van der Waals surface area contributed by atoms with E-state index in [2.05, 4.69) is 5.32 Å². The van der Waals surface area contributed by atoms with E-state index in [9.17, 15) is 18.0 Å². The first kappa shape index (κ1) is 33.5. The number of amides is 2. The van der Waals surface area contributed by atoms with Crippen LogP contribution in [-0.2, 0) is 32.6 Å². The Balaban J connectivity index is 1.58. The molecule has 1 fully saturated rings. The number of benzene rings is 4. The molecular formula is C36H37Cl2N3O4S. The second kappa shape index (κ2) is 15.2. The minimum atomic E-state index is -4.17. The highest BCUT2D eigenvalue weighted by Gasteiger charge is 2.35. The molecule has 240 valence electrons. The lowest BCUT2D eigenvalue weighted by atomic mass is 10.0. The zero-order valence-electron chi connectivity index (χ0n) is 25.6. The van der Waals surface area contributed by atoms with E-state index in [1.165, 1.54) is 17.0 Å². The molecule has 4 aromatic carbocycles. The Hall–Kier alpha value is -3.85. The first-order valence-corrected chi connectivity index (χ1v) is 17.5. The molecule has 1 N–H and O–H groups in total. The summed E-state index contributed by atoms with van der Waals surface area (Å²) in [4.78, 5) is 30.2. The highest BCUT2D eigenvalue weighted by Crippen LogP contribution is 2.28. The van der Waals surface area contributed by atoms with E-state index in [1.54, 1.807) is 54.6 Å². The van der Waals surface area contributed by atoms with Gasteiger partial charge in [-0.2, -0.15) is 0 Å². The predicted octanol–water partition coefficient (Wildman–Crippen LogP) is 7.20. The van der Waals surface area contributed by atoms with Gasteiger partial charge in [0.2, 0.25) is 11.8 Å². The fourth-order valence-corrected chi connectivity index (χ4v) is 7.68. The molecule has 0 radical (unpaired) electrons. The lowest BCUT2D eigenvalue weighted by Crippen LogP contribution is -2.54. The lowest BCUT2D eigenvalue weighted by molar-refractivity contribution is -0.140. The quantitative estimate of drug-likeness (QED) is 0.172. The normalized spacial score (nSPS) is 14.1. The van der Waals surface area contributed by atoms with Gasteiger partial charge in [0.1, 0.15) is 12.6 Å². The minimum Gasteiger partial charge on any atom is -0.352 e. The number of carbonyl (C=O) groups excluding carboxylic acids is 2. The Morgan fingerprint density at radius 3 is 2.20 bits per heavy atom. The summed E-state index contributed by atoms with van der Waals surface area (Å²) in [5.74, 6) is -0.836. The van der Waals surface area contributed by atoms with Crippen molar-refractivity contribution in [1.82, 2.24) is 10.2 Å². The second-order valence-electron chi connectivity index (χ2n) is 11.6. The van der Waals surface area contributed by atoms with E-state index in [0.717, 1.165) is 41.1 Å². The third-order valence-corrected chi connectivity index (χ3v) is 10.6. The van der Waals surface area contributed by atoms with Gasteiger partial charge < -0.3 is 10.2 Å². The van der Waals surface area contributed by atoms with Crippen molar-refractivity contribution in [2.75, 3.05) is 10.8 Å². The van der Waals surface area contributed by atoms with Gasteiger partial charge in [-0.05, 0) is 72.9 Å². The van der Waals surface area contributed by atoms with Crippen molar-refractivity contribution in [2.24, 2.45) is 0 Å². The zero-order chi connectivity index (χ0) is 32.7. The van der Waals surface area contributed by atoms with Gasteiger partial charge in [-0.15, -0.1) is 0 Å². The van der Waals surface area contributed by atoms with Gasteiger partial charge in [0.05, 0.1) is 10.6 Å². The minimum absolute atomic E-state index is 0.0177. The van der Waals surface area contributed by atoms with Crippen molar-refractivity contribution < 1.29 is 18.0 Å². The predicted molar refractivity (Wildman–Crippen MR) is 183 cm³/mol. The fourth-order valence-electron chi connectivity index (χ4n) is 5.79. The monoisotopic (exact) mass is 677 g/mol. The molecule has 1 saturated carbocycles. The molecule has 0 saturated heterocycles. The van der Waals surface area contributed by atoms with Gasteiger partial charge in [-0.25, -0.2) is 8.42 Å². The number of aryl methyl sites for hydroxylation is 1. The number of rotatable bonds is 12. The highest BCUT2D eigenvalue weighted by molar-refractivity contribution is 7.92. The molecule has 2 amide bonds. The Labute approximate surface area is 281 Å². The maximum atomic E-state index is 14.6. The molecule has 0 unspecified atom stereocenters. The van der Waals surface area contributed by atoms with Crippen LogP contribution < -0.4 is 9.62 Å². The summed E-state index contributed by atoms with van der Waals surface area (Å²) in [6.07, 6.45) is 4.03. The Morgan fingerprint density at radius 1 is 0.870 bits per heavy atom. The lowest BCUT2D eigenvalue weighted by Gasteiger charge is -2.34. The fraction of sp³-hybridized carbons (Fsp3) is 0.278. The Morgan fingerprint density at radius 2 is 1.54 bits per heavy atom. The van der Waals surface area contributed by atoms with Crippen LogP contribution in [0.15, 0.2) is 108 Å². The van der Waals surface area contributed by atoms with Crippen molar-refractivity contribution in [2.45, 2.75) is 62.6 Å². The van der Waals surface area contributed by atoms with Crippen LogP contribution in [0.5, 0.6) is 0 Å². The molecule has 1 aliphatic carbocycles. The molecule has 0 spiro atoms. The summed E-state index contributed by atoms with van der Waals surface area (Å²) < 4.78 is 29.3. The number of halogens is 2. The highest BCUT2D eigenvalue weighted by atomic mass is 35.5. The van der Waals surface area contributed by atoms with Gasteiger partial charge in [-0.3, -0.25) is 13.9 Å². The van der Waals surface area contributed by atoms with E-state index in [4.69, 9.17) is 23.2 Å². The number of anilines is 1. The molecule has 1 aliphatic rings. The van der Waals surface area contributed by atoms with Crippen LogP contribution >= 0.6 is 23.2 Å². The van der Waals surface area contributed by atoms with Crippen molar-refractivity contribution in [1.29, 1.82) is 0 Å². The number of nitrogens with one attached hydrogen (secondary N) is 1. The van der Waals surface area contributed by atoms with E-state index in [0.29, 0.717) is 21.3 Å². The summed E-state index contributed by atoms with van der Waals surface area (Å²) >= 11 is 12.8. The van der Waals surface area contributed by atoms with E-state index < -0.39 is 28.5 Å². The molecule has 4 aromatic rings. The van der Waals surface area contributed by atoms with E-state index in [1.807, 2.05) is 43.3 Å². The van der Waals surface area contributed by atoms with Crippen molar-refractivity contribution in [3.63, 3.8) is 0 Å². The maximum absolute atomic E-state index is 14.6. The Bertz CT molecular complexity index is 1760. The summed E-state index contributed by atoms with van der Waals surface area (Å²) in [6, 6.07) is 28.5. The van der Waals surface area contributed by atoms with Crippen LogP contribution in [0.4, 0.5) is 5.69 Å². The summed E-state index contributed by atoms with van der Waals surface area (Å²) in [6.45, 7) is 1.29. The van der Waals surface area contributed by atoms with E-state index >= 15 is 0 Å². The first-order valence-electron chi connectivity index (χ1n) is 15.3. The molecular weight excluding hydrogens is 641 g/mol. The summed E-state index contributed by atoms with van der Waals surface area (Å²) in [5, 5.41) is 3.95. The zero-order valence-corrected chi connectivity index (χ0v) is 27.9. The van der Waals surface area contributed by atoms with Crippen LogP contribution in [0.2, 0.25) is 10.0 Å². The molecule has 5 rings (SSSR count). The van der Waals surface area contributed by atoms with Gasteiger partial charge in [-0.1, -0.05) is 103 Å².